The van der Waals surface area contributed by atoms with Crippen molar-refractivity contribution in [2.75, 3.05) is 0 Å². The van der Waals surface area contributed by atoms with Crippen molar-refractivity contribution < 1.29 is 0 Å². The molecule has 0 aromatic carbocycles. The molecule has 2 rings (SSSR count). The van der Waals surface area contributed by atoms with Gasteiger partial charge in [-0.25, -0.2) is 9.78 Å². The van der Waals surface area contributed by atoms with Crippen molar-refractivity contribution in [3.63, 3.8) is 0 Å². The van der Waals surface area contributed by atoms with E-state index >= 15 is 0 Å². The molecule has 2 aromatic heterocycles. The zero-order chi connectivity index (χ0) is 11.9. The van der Waals surface area contributed by atoms with Gasteiger partial charge in [-0.05, 0) is 0 Å². The molecule has 0 aliphatic heterocycles. The Balaban J connectivity index is 3.00. The van der Waals surface area contributed by atoms with Gasteiger partial charge in [0.25, 0.3) is 5.56 Å². The van der Waals surface area contributed by atoms with Crippen molar-refractivity contribution >= 4 is 11.2 Å². The third-order valence-electron chi connectivity index (χ3n) is 2.44. The Morgan fingerprint density at radius 2 is 2.00 bits per heavy atom. The smallest absolute Gasteiger partial charge is 0.315 e. The van der Waals surface area contributed by atoms with E-state index in [9.17, 15) is 9.59 Å². The van der Waals surface area contributed by atoms with Crippen molar-refractivity contribution in [1.82, 2.24) is 18.7 Å². The van der Waals surface area contributed by atoms with E-state index in [0.29, 0.717) is 11.2 Å². The predicted molar refractivity (Wildman–Crippen MR) is 60.1 cm³/mol. The van der Waals surface area contributed by atoms with E-state index in [1.807, 2.05) is 0 Å². The maximum absolute atomic E-state index is 11.9. The van der Waals surface area contributed by atoms with Gasteiger partial charge in [0.2, 0.25) is 0 Å². The van der Waals surface area contributed by atoms with Gasteiger partial charge in [0.1, 0.15) is 0 Å². The van der Waals surface area contributed by atoms with E-state index in [1.165, 1.54) is 17.9 Å². The first-order valence-corrected chi connectivity index (χ1v) is 4.66. The van der Waals surface area contributed by atoms with Crippen LogP contribution < -0.4 is 11.2 Å². The minimum Gasteiger partial charge on any atom is -0.315 e. The quantitative estimate of drug-likeness (QED) is 0.692. The van der Waals surface area contributed by atoms with Crippen LogP contribution in [0.5, 0.6) is 0 Å². The highest BCUT2D eigenvalue weighted by atomic mass is 16.2. The summed E-state index contributed by atoms with van der Waals surface area (Å²) in [6.07, 6.45) is 3.03. The molecule has 0 spiro atoms. The van der Waals surface area contributed by atoms with Gasteiger partial charge >= 0.3 is 5.69 Å². The summed E-state index contributed by atoms with van der Waals surface area (Å²) in [5.41, 5.74) is -0.0225. The van der Waals surface area contributed by atoms with E-state index in [2.05, 4.69) is 11.6 Å². The lowest BCUT2D eigenvalue weighted by molar-refractivity contribution is 0.707. The first kappa shape index (κ1) is 10.4. The molecule has 0 atom stereocenters. The number of aromatic nitrogens is 4. The number of imidazole rings is 1. The lowest BCUT2D eigenvalue weighted by atomic mass is 10.5. The molecule has 6 nitrogen and oxygen atoms in total. The Morgan fingerprint density at radius 3 is 2.62 bits per heavy atom. The molecule has 0 unspecified atom stereocenters. The molecule has 1 radical (unpaired) electrons. The van der Waals surface area contributed by atoms with Crippen LogP contribution in [-0.4, -0.2) is 18.7 Å². The molecule has 0 N–H and O–H groups in total. The third-order valence-corrected chi connectivity index (χ3v) is 2.44. The van der Waals surface area contributed by atoms with Crippen molar-refractivity contribution in [1.29, 1.82) is 0 Å². The fourth-order valence-corrected chi connectivity index (χ4v) is 1.59. The highest BCUT2D eigenvalue weighted by molar-refractivity contribution is 5.70. The molecule has 0 bridgehead atoms. The monoisotopic (exact) mass is 219 g/mol. The number of fused-ring (bicyclic) bond motifs is 1. The lowest BCUT2D eigenvalue weighted by Crippen LogP contribution is -2.37. The topological polar surface area (TPSA) is 61.8 Å². The van der Waals surface area contributed by atoms with Crippen LogP contribution in [0.15, 0.2) is 28.6 Å². The van der Waals surface area contributed by atoms with Crippen molar-refractivity contribution in [2.45, 2.75) is 0 Å². The molecule has 0 amide bonds. The number of allylic oxidation sites excluding steroid dienone is 1. The summed E-state index contributed by atoms with van der Waals surface area (Å²) in [6.45, 7) is 5.17. The number of nitrogens with zero attached hydrogens (tertiary/aromatic N) is 4. The van der Waals surface area contributed by atoms with E-state index in [-0.39, 0.29) is 11.2 Å². The largest absolute Gasteiger partial charge is 0.332 e. The van der Waals surface area contributed by atoms with Crippen LogP contribution in [-0.2, 0) is 14.1 Å². The van der Waals surface area contributed by atoms with Crippen molar-refractivity contribution in [2.24, 2.45) is 14.1 Å². The standard InChI is InChI=1S/C10H11N4O2/c1-4-5-14-6-11-8-7(14)9(15)13(3)10(16)12(8)2/h4-6H,1H2,2-3H3. The second-order valence-corrected chi connectivity index (χ2v) is 3.41. The van der Waals surface area contributed by atoms with Crippen molar-refractivity contribution in [3.8, 4) is 0 Å². The number of hydrogen-bond acceptors (Lipinski definition) is 3. The van der Waals surface area contributed by atoms with Crippen LogP contribution >= 0.6 is 0 Å². The van der Waals surface area contributed by atoms with E-state index in [1.54, 1.807) is 24.2 Å². The summed E-state index contributed by atoms with van der Waals surface area (Å²) in [5.74, 6) is 0. The zero-order valence-corrected chi connectivity index (χ0v) is 9.04. The van der Waals surface area contributed by atoms with Gasteiger partial charge in [-0.1, -0.05) is 6.08 Å². The highest BCUT2D eigenvalue weighted by Crippen LogP contribution is 2.05. The Morgan fingerprint density at radius 1 is 1.31 bits per heavy atom. The van der Waals surface area contributed by atoms with Crippen LogP contribution in [0, 0.1) is 6.54 Å². The molecule has 2 aromatic rings. The van der Waals surface area contributed by atoms with Gasteiger partial charge < -0.3 is 4.57 Å². The fraction of sp³-hybridized carbons (Fsp3) is 0.200. The molecule has 2 heterocycles. The molecule has 0 aliphatic rings. The zero-order valence-electron chi connectivity index (χ0n) is 9.04. The van der Waals surface area contributed by atoms with Gasteiger partial charge in [0.05, 0.1) is 12.9 Å². The van der Waals surface area contributed by atoms with Crippen LogP contribution in [0.2, 0.25) is 0 Å². The summed E-state index contributed by atoms with van der Waals surface area (Å²) in [4.78, 5) is 27.5. The number of hydrogen-bond donors (Lipinski definition) is 0. The van der Waals surface area contributed by atoms with E-state index in [4.69, 9.17) is 0 Å². The minimum absolute atomic E-state index is 0.365. The fourth-order valence-electron chi connectivity index (χ4n) is 1.59. The van der Waals surface area contributed by atoms with Gasteiger partial charge in [-0.15, -0.1) is 6.58 Å². The van der Waals surface area contributed by atoms with Crippen LogP contribution in [0.4, 0.5) is 0 Å². The first-order valence-electron chi connectivity index (χ1n) is 4.66. The molecular formula is C10H11N4O2. The summed E-state index contributed by atoms with van der Waals surface area (Å²) in [6, 6.07) is 0. The van der Waals surface area contributed by atoms with Gasteiger partial charge in [-0.3, -0.25) is 13.9 Å². The number of rotatable bonds is 2. The second kappa shape index (κ2) is 3.48. The Hall–Kier alpha value is -2.11. The summed E-state index contributed by atoms with van der Waals surface area (Å²) < 4.78 is 3.94. The normalized spacial score (nSPS) is 10.9. The Labute approximate surface area is 91.1 Å². The average molecular weight is 219 g/mol. The molecule has 0 aliphatic carbocycles. The molecule has 0 saturated carbocycles. The predicted octanol–water partition coefficient (Wildman–Crippen LogP) is -0.370. The molecule has 83 valence electrons. The van der Waals surface area contributed by atoms with Crippen molar-refractivity contribution in [3.05, 3.63) is 46.4 Å². The van der Waals surface area contributed by atoms with Gasteiger partial charge in [-0.2, -0.15) is 0 Å². The SMILES string of the molecule is C=C[CH]n1cnc2c1c(=O)n(C)c(=O)n2C. The highest BCUT2D eigenvalue weighted by Gasteiger charge is 2.13. The minimum atomic E-state index is -0.388. The van der Waals surface area contributed by atoms with Crippen LogP contribution in [0.25, 0.3) is 11.2 Å². The second-order valence-electron chi connectivity index (χ2n) is 3.41. The van der Waals surface area contributed by atoms with Crippen LogP contribution in [0.3, 0.4) is 0 Å². The summed E-state index contributed by atoms with van der Waals surface area (Å²) in [7, 11) is 3.02. The third kappa shape index (κ3) is 1.23. The molecule has 6 heteroatoms. The molecular weight excluding hydrogens is 208 g/mol. The summed E-state index contributed by atoms with van der Waals surface area (Å²) >= 11 is 0. The van der Waals surface area contributed by atoms with E-state index in [0.717, 1.165) is 4.57 Å². The number of aryl methyl sites for hydroxylation is 1. The van der Waals surface area contributed by atoms with Crippen LogP contribution in [0.1, 0.15) is 0 Å². The molecule has 0 saturated heterocycles. The molecule has 16 heavy (non-hydrogen) atoms. The maximum atomic E-state index is 11.9. The van der Waals surface area contributed by atoms with Gasteiger partial charge in [0, 0.05) is 14.1 Å². The lowest BCUT2D eigenvalue weighted by Gasteiger charge is -2.04. The Bertz CT molecular complexity index is 674. The summed E-state index contributed by atoms with van der Waals surface area (Å²) in [5, 5.41) is 0. The maximum Gasteiger partial charge on any atom is 0.332 e. The average Bonchev–Trinajstić information content (AvgIpc) is 2.68. The first-order chi connectivity index (χ1) is 7.57. The van der Waals surface area contributed by atoms with Gasteiger partial charge in [0.15, 0.2) is 11.2 Å². The Kier molecular flexibility index (Phi) is 2.26. The van der Waals surface area contributed by atoms with E-state index < -0.39 is 0 Å². The molecule has 0 fully saturated rings.